The maximum Gasteiger partial charge on any atom is 0.253 e. The fourth-order valence-corrected chi connectivity index (χ4v) is 2.34. The lowest BCUT2D eigenvalue weighted by molar-refractivity contribution is 0.0952. The second-order valence-corrected chi connectivity index (χ2v) is 6.05. The van der Waals surface area contributed by atoms with Crippen LogP contribution < -0.4 is 10.6 Å². The van der Waals surface area contributed by atoms with Gasteiger partial charge in [-0.2, -0.15) is 0 Å². The summed E-state index contributed by atoms with van der Waals surface area (Å²) in [6.45, 7) is 3.36. The summed E-state index contributed by atoms with van der Waals surface area (Å²) < 4.78 is 0. The molecule has 0 aliphatic heterocycles. The Kier molecular flexibility index (Phi) is 6.02. The topological polar surface area (TPSA) is 44.4 Å². The highest BCUT2D eigenvalue weighted by atomic mass is 35.5. The van der Waals surface area contributed by atoms with Gasteiger partial charge in [0.15, 0.2) is 0 Å². The lowest BCUT2D eigenvalue weighted by Crippen LogP contribution is -2.31. The number of amides is 1. The fraction of sp³-hybridized carbons (Fsp3) is 0.278. The van der Waals surface area contributed by atoms with E-state index in [0.717, 1.165) is 23.5 Å². The van der Waals surface area contributed by atoms with E-state index in [1.54, 1.807) is 0 Å². The summed E-state index contributed by atoms with van der Waals surface area (Å²) >= 11 is 6.16. The fourth-order valence-electron chi connectivity index (χ4n) is 2.17. The molecule has 2 rings (SSSR count). The molecule has 5 heteroatoms. The van der Waals surface area contributed by atoms with Crippen molar-refractivity contribution in [3.05, 3.63) is 58.6 Å². The van der Waals surface area contributed by atoms with Gasteiger partial charge >= 0.3 is 0 Å². The average molecular weight is 332 g/mol. The number of carbonyl (C=O) groups is 1. The standard InChI is InChI=1S/C18H22ClN3O/c1-13-15(19)8-6-10-16(13)21-17-9-5-4-7-14(17)18(23)20-11-12-22(2)3/h4-10,21H,11-12H2,1-3H3,(H,20,23). The molecule has 122 valence electrons. The van der Waals surface area contributed by atoms with Crippen LogP contribution in [0.4, 0.5) is 11.4 Å². The molecule has 2 N–H and O–H groups in total. The Morgan fingerprint density at radius 2 is 1.78 bits per heavy atom. The molecule has 0 atom stereocenters. The third-order valence-electron chi connectivity index (χ3n) is 3.55. The first-order chi connectivity index (χ1) is 11.0. The Morgan fingerprint density at radius 3 is 2.52 bits per heavy atom. The SMILES string of the molecule is Cc1c(Cl)cccc1Nc1ccccc1C(=O)NCCN(C)C. The molecule has 0 fully saturated rings. The first kappa shape index (κ1) is 17.3. The first-order valence-electron chi connectivity index (χ1n) is 7.53. The predicted molar refractivity (Wildman–Crippen MR) is 96.8 cm³/mol. The van der Waals surface area contributed by atoms with Crippen molar-refractivity contribution in [2.24, 2.45) is 0 Å². The van der Waals surface area contributed by atoms with Gasteiger partial charge in [0.1, 0.15) is 0 Å². The highest BCUT2D eigenvalue weighted by Crippen LogP contribution is 2.27. The molecule has 23 heavy (non-hydrogen) atoms. The van der Waals surface area contributed by atoms with Crippen molar-refractivity contribution in [1.82, 2.24) is 10.2 Å². The van der Waals surface area contributed by atoms with E-state index in [0.29, 0.717) is 17.1 Å². The lowest BCUT2D eigenvalue weighted by atomic mass is 10.1. The molecule has 0 aliphatic carbocycles. The molecule has 0 saturated heterocycles. The number of rotatable bonds is 6. The van der Waals surface area contributed by atoms with Gasteiger partial charge in [0, 0.05) is 23.8 Å². The number of anilines is 2. The van der Waals surface area contributed by atoms with Gasteiger partial charge in [-0.3, -0.25) is 4.79 Å². The van der Waals surface area contributed by atoms with E-state index in [1.807, 2.05) is 68.4 Å². The van der Waals surface area contributed by atoms with E-state index in [-0.39, 0.29) is 5.91 Å². The summed E-state index contributed by atoms with van der Waals surface area (Å²) in [5.74, 6) is -0.0883. The minimum Gasteiger partial charge on any atom is -0.355 e. The number of hydrogen-bond donors (Lipinski definition) is 2. The van der Waals surface area contributed by atoms with Crippen LogP contribution in [0, 0.1) is 6.92 Å². The Hall–Kier alpha value is -2.04. The van der Waals surface area contributed by atoms with Crippen LogP contribution in [0.15, 0.2) is 42.5 Å². The zero-order chi connectivity index (χ0) is 16.8. The van der Waals surface area contributed by atoms with Crippen molar-refractivity contribution in [3.8, 4) is 0 Å². The second-order valence-electron chi connectivity index (χ2n) is 5.64. The van der Waals surface area contributed by atoms with Gasteiger partial charge < -0.3 is 15.5 Å². The van der Waals surface area contributed by atoms with E-state index in [4.69, 9.17) is 11.6 Å². The molecule has 0 aliphatic rings. The van der Waals surface area contributed by atoms with Gasteiger partial charge in [-0.1, -0.05) is 29.8 Å². The van der Waals surface area contributed by atoms with E-state index < -0.39 is 0 Å². The molecular weight excluding hydrogens is 310 g/mol. The number of carbonyl (C=O) groups excluding carboxylic acids is 1. The zero-order valence-electron chi connectivity index (χ0n) is 13.7. The van der Waals surface area contributed by atoms with Crippen LogP contribution in [-0.4, -0.2) is 38.0 Å². The van der Waals surface area contributed by atoms with Crippen molar-refractivity contribution < 1.29 is 4.79 Å². The van der Waals surface area contributed by atoms with Gasteiger partial charge in [0.2, 0.25) is 0 Å². The zero-order valence-corrected chi connectivity index (χ0v) is 14.4. The van der Waals surface area contributed by atoms with Crippen molar-refractivity contribution in [3.63, 3.8) is 0 Å². The van der Waals surface area contributed by atoms with Crippen molar-refractivity contribution in [2.75, 3.05) is 32.5 Å². The first-order valence-corrected chi connectivity index (χ1v) is 7.91. The molecule has 4 nitrogen and oxygen atoms in total. The van der Waals surface area contributed by atoms with Gasteiger partial charge in [-0.15, -0.1) is 0 Å². The van der Waals surface area contributed by atoms with Crippen molar-refractivity contribution in [2.45, 2.75) is 6.92 Å². The monoisotopic (exact) mass is 331 g/mol. The van der Waals surface area contributed by atoms with Crippen LogP contribution in [0.25, 0.3) is 0 Å². The van der Waals surface area contributed by atoms with E-state index in [2.05, 4.69) is 10.6 Å². The largest absolute Gasteiger partial charge is 0.355 e. The predicted octanol–water partition coefficient (Wildman–Crippen LogP) is 3.68. The quantitative estimate of drug-likeness (QED) is 0.848. The Labute approximate surface area is 142 Å². The molecule has 0 bridgehead atoms. The van der Waals surface area contributed by atoms with Crippen LogP contribution >= 0.6 is 11.6 Å². The molecule has 0 heterocycles. The van der Waals surface area contributed by atoms with E-state index >= 15 is 0 Å². The number of benzene rings is 2. The molecule has 0 unspecified atom stereocenters. The minimum atomic E-state index is -0.0883. The highest BCUT2D eigenvalue weighted by molar-refractivity contribution is 6.31. The third-order valence-corrected chi connectivity index (χ3v) is 3.96. The third kappa shape index (κ3) is 4.71. The van der Waals surface area contributed by atoms with Crippen molar-refractivity contribution >= 4 is 28.9 Å². The van der Waals surface area contributed by atoms with Gasteiger partial charge in [-0.05, 0) is 50.8 Å². The van der Waals surface area contributed by atoms with E-state index in [9.17, 15) is 4.79 Å². The van der Waals surface area contributed by atoms with Crippen LogP contribution in [0.1, 0.15) is 15.9 Å². The average Bonchev–Trinajstić information content (AvgIpc) is 2.52. The number of likely N-dealkylation sites (N-methyl/N-ethyl adjacent to an activating group) is 1. The van der Waals surface area contributed by atoms with Crippen molar-refractivity contribution in [1.29, 1.82) is 0 Å². The normalized spacial score (nSPS) is 10.7. The molecule has 0 radical (unpaired) electrons. The van der Waals surface area contributed by atoms with Gasteiger partial charge in [-0.25, -0.2) is 0 Å². The van der Waals surface area contributed by atoms with Crippen LogP contribution in [0.2, 0.25) is 5.02 Å². The molecule has 0 saturated carbocycles. The Balaban J connectivity index is 2.17. The maximum atomic E-state index is 12.4. The smallest absolute Gasteiger partial charge is 0.253 e. The number of nitrogens with zero attached hydrogens (tertiary/aromatic N) is 1. The number of nitrogens with one attached hydrogen (secondary N) is 2. The molecule has 2 aromatic rings. The molecule has 0 spiro atoms. The van der Waals surface area contributed by atoms with Crippen LogP contribution in [-0.2, 0) is 0 Å². The number of para-hydroxylation sites is 1. The summed E-state index contributed by atoms with van der Waals surface area (Å²) in [4.78, 5) is 14.4. The van der Waals surface area contributed by atoms with Crippen LogP contribution in [0.5, 0.6) is 0 Å². The maximum absolute atomic E-state index is 12.4. The Bertz CT molecular complexity index is 686. The summed E-state index contributed by atoms with van der Waals surface area (Å²) in [5.41, 5.74) is 3.23. The molecular formula is C18H22ClN3O. The lowest BCUT2D eigenvalue weighted by Gasteiger charge is -2.15. The van der Waals surface area contributed by atoms with Crippen LogP contribution in [0.3, 0.4) is 0 Å². The summed E-state index contributed by atoms with van der Waals surface area (Å²) in [6.07, 6.45) is 0. The summed E-state index contributed by atoms with van der Waals surface area (Å²) in [7, 11) is 3.95. The van der Waals surface area contributed by atoms with E-state index in [1.165, 1.54) is 0 Å². The summed E-state index contributed by atoms with van der Waals surface area (Å²) in [5, 5.41) is 6.94. The highest BCUT2D eigenvalue weighted by Gasteiger charge is 2.12. The van der Waals surface area contributed by atoms with Gasteiger partial charge in [0.25, 0.3) is 5.91 Å². The number of halogens is 1. The minimum absolute atomic E-state index is 0.0883. The van der Waals surface area contributed by atoms with Gasteiger partial charge in [0.05, 0.1) is 11.3 Å². The number of hydrogen-bond acceptors (Lipinski definition) is 3. The molecule has 1 amide bonds. The molecule has 0 aromatic heterocycles. The summed E-state index contributed by atoms with van der Waals surface area (Å²) in [6, 6.07) is 13.1. The second kappa shape index (κ2) is 7.99. The molecule has 2 aromatic carbocycles. The Morgan fingerprint density at radius 1 is 1.09 bits per heavy atom.